The van der Waals surface area contributed by atoms with Gasteiger partial charge < -0.3 is 15.6 Å². The Labute approximate surface area is 128 Å². The number of hydrogen-bond donors (Lipinski definition) is 3. The average molecular weight is 312 g/mol. The van der Waals surface area contributed by atoms with Crippen molar-refractivity contribution in [3.8, 4) is 0 Å². The van der Waals surface area contributed by atoms with Crippen molar-refractivity contribution in [1.29, 1.82) is 0 Å². The molecule has 1 aromatic carbocycles. The molecule has 0 aliphatic heterocycles. The van der Waals surface area contributed by atoms with Gasteiger partial charge in [-0.2, -0.15) is 0 Å². The Kier molecular flexibility index (Phi) is 5.07. The van der Waals surface area contributed by atoms with E-state index in [1.807, 2.05) is 18.2 Å². The Morgan fingerprint density at radius 3 is 2.76 bits per heavy atom. The summed E-state index contributed by atoms with van der Waals surface area (Å²) in [5.74, 6) is 0.346. The third kappa shape index (κ3) is 3.88. The van der Waals surface area contributed by atoms with E-state index in [1.54, 1.807) is 0 Å². The lowest BCUT2D eigenvalue weighted by Crippen LogP contribution is -2.36. The number of nitrogens with one attached hydrogen (secondary N) is 3. The number of fused-ring (bicyclic) bond motifs is 1. The van der Waals surface area contributed by atoms with Crippen LogP contribution in [0, 0.1) is 0 Å². The largest absolute Gasteiger partial charge is 0.357 e. The van der Waals surface area contributed by atoms with Crippen LogP contribution in [-0.4, -0.2) is 24.2 Å². The molecule has 0 bridgehead atoms. The van der Waals surface area contributed by atoms with Gasteiger partial charge in [-0.15, -0.1) is 0 Å². The van der Waals surface area contributed by atoms with Gasteiger partial charge in [-0.1, -0.05) is 25.4 Å². The Hall–Kier alpha value is -1.75. The van der Waals surface area contributed by atoms with Gasteiger partial charge in [-0.3, -0.25) is 0 Å². The van der Waals surface area contributed by atoms with E-state index < -0.39 is 6.67 Å². The third-order valence-electron chi connectivity index (χ3n) is 3.24. The number of rotatable bonds is 5. The fourth-order valence-corrected chi connectivity index (χ4v) is 2.56. The van der Waals surface area contributed by atoms with E-state index in [0.29, 0.717) is 12.5 Å². The van der Waals surface area contributed by atoms with Gasteiger partial charge in [0.05, 0.1) is 6.54 Å². The molecule has 6 heteroatoms. The molecule has 0 unspecified atom stereocenters. The molecule has 2 rings (SSSR count). The van der Waals surface area contributed by atoms with Crippen molar-refractivity contribution in [1.82, 2.24) is 15.6 Å². The van der Waals surface area contributed by atoms with Gasteiger partial charge in [0.25, 0.3) is 0 Å². The standard InChI is InChI=1S/C15H19ClFN3O/c1-9(2)12-7-14-10(6-13(12)16)5-11(20-14)8-19-15(21)18-4-3-17/h5-7,9,20H,3-4,8H2,1-2H3,(H2,18,19,21). The molecule has 0 radical (unpaired) electrons. The first-order valence-corrected chi connectivity index (χ1v) is 7.27. The van der Waals surface area contributed by atoms with Crippen LogP contribution in [0.4, 0.5) is 9.18 Å². The maximum Gasteiger partial charge on any atom is 0.315 e. The Morgan fingerprint density at radius 2 is 2.10 bits per heavy atom. The molecule has 3 N–H and O–H groups in total. The molecule has 0 aliphatic carbocycles. The number of urea groups is 1. The number of carbonyl (C=O) groups excluding carboxylic acids is 1. The molecular formula is C15H19ClFN3O. The molecule has 0 aliphatic rings. The summed E-state index contributed by atoms with van der Waals surface area (Å²) in [6, 6.07) is 5.53. The molecule has 1 heterocycles. The monoisotopic (exact) mass is 311 g/mol. The maximum absolute atomic E-state index is 11.9. The highest BCUT2D eigenvalue weighted by atomic mass is 35.5. The summed E-state index contributed by atoms with van der Waals surface area (Å²) in [5, 5.41) is 6.83. The van der Waals surface area contributed by atoms with E-state index in [-0.39, 0.29) is 12.6 Å². The molecule has 21 heavy (non-hydrogen) atoms. The number of alkyl halides is 1. The molecule has 4 nitrogen and oxygen atoms in total. The fourth-order valence-electron chi connectivity index (χ4n) is 2.17. The number of halogens is 2. The van der Waals surface area contributed by atoms with Crippen molar-refractivity contribution in [2.24, 2.45) is 0 Å². The summed E-state index contributed by atoms with van der Waals surface area (Å²) in [5.41, 5.74) is 2.95. The molecular weight excluding hydrogens is 293 g/mol. The zero-order chi connectivity index (χ0) is 15.4. The van der Waals surface area contributed by atoms with Gasteiger partial charge >= 0.3 is 6.03 Å². The van der Waals surface area contributed by atoms with E-state index in [4.69, 9.17) is 11.6 Å². The highest BCUT2D eigenvalue weighted by Gasteiger charge is 2.09. The topological polar surface area (TPSA) is 56.9 Å². The van der Waals surface area contributed by atoms with Crippen LogP contribution in [-0.2, 0) is 6.54 Å². The molecule has 1 aromatic heterocycles. The quantitative estimate of drug-likeness (QED) is 0.774. The summed E-state index contributed by atoms with van der Waals surface area (Å²) in [6.45, 7) is 3.98. The molecule has 2 amide bonds. The van der Waals surface area contributed by atoms with Crippen LogP contribution in [0.25, 0.3) is 10.9 Å². The zero-order valence-corrected chi connectivity index (χ0v) is 12.9. The van der Waals surface area contributed by atoms with Gasteiger partial charge in [0.1, 0.15) is 6.67 Å². The highest BCUT2D eigenvalue weighted by Crippen LogP contribution is 2.29. The summed E-state index contributed by atoms with van der Waals surface area (Å²) >= 11 is 6.26. The SMILES string of the molecule is CC(C)c1cc2[nH]c(CNC(=O)NCCF)cc2cc1Cl. The van der Waals surface area contributed by atoms with Crippen molar-refractivity contribution >= 4 is 28.5 Å². The summed E-state index contributed by atoms with van der Waals surface area (Å²) in [6.07, 6.45) is 0. The van der Waals surface area contributed by atoms with E-state index >= 15 is 0 Å². The number of amides is 2. The second-order valence-corrected chi connectivity index (χ2v) is 5.62. The number of carbonyl (C=O) groups is 1. The molecule has 114 valence electrons. The number of aromatic amines is 1. The van der Waals surface area contributed by atoms with Crippen LogP contribution in [0.5, 0.6) is 0 Å². The fraction of sp³-hybridized carbons (Fsp3) is 0.400. The van der Waals surface area contributed by atoms with E-state index in [1.165, 1.54) is 0 Å². The normalized spacial score (nSPS) is 11.1. The zero-order valence-electron chi connectivity index (χ0n) is 12.1. The minimum absolute atomic E-state index is 0.0197. The van der Waals surface area contributed by atoms with Gasteiger partial charge in [0, 0.05) is 28.2 Å². The van der Waals surface area contributed by atoms with Crippen LogP contribution in [0.3, 0.4) is 0 Å². The second-order valence-electron chi connectivity index (χ2n) is 5.21. The van der Waals surface area contributed by atoms with Gasteiger partial charge in [0.2, 0.25) is 0 Å². The summed E-state index contributed by atoms with van der Waals surface area (Å²) < 4.78 is 11.9. The highest BCUT2D eigenvalue weighted by molar-refractivity contribution is 6.32. The number of aromatic nitrogens is 1. The van der Waals surface area contributed by atoms with Crippen molar-refractivity contribution in [2.75, 3.05) is 13.2 Å². The smallest absolute Gasteiger partial charge is 0.315 e. The molecule has 0 atom stereocenters. The lowest BCUT2D eigenvalue weighted by molar-refractivity contribution is 0.239. The first kappa shape index (κ1) is 15.6. The molecule has 2 aromatic rings. The van der Waals surface area contributed by atoms with Crippen LogP contribution in [0.15, 0.2) is 18.2 Å². The summed E-state index contributed by atoms with van der Waals surface area (Å²) in [4.78, 5) is 14.6. The van der Waals surface area contributed by atoms with Gasteiger partial charge in [0.15, 0.2) is 0 Å². The molecule has 0 spiro atoms. The molecule has 0 saturated heterocycles. The first-order chi connectivity index (χ1) is 10.0. The third-order valence-corrected chi connectivity index (χ3v) is 3.56. The predicted molar refractivity (Wildman–Crippen MR) is 83.6 cm³/mol. The number of hydrogen-bond acceptors (Lipinski definition) is 1. The Bertz CT molecular complexity index is 639. The summed E-state index contributed by atoms with van der Waals surface area (Å²) in [7, 11) is 0. The van der Waals surface area contributed by atoms with E-state index in [2.05, 4.69) is 29.5 Å². The molecule has 0 fully saturated rings. The van der Waals surface area contributed by atoms with E-state index in [0.717, 1.165) is 27.2 Å². The second kappa shape index (κ2) is 6.80. The lowest BCUT2D eigenvalue weighted by atomic mass is 10.0. The van der Waals surface area contributed by atoms with Gasteiger partial charge in [-0.05, 0) is 29.7 Å². The number of benzene rings is 1. The first-order valence-electron chi connectivity index (χ1n) is 6.90. The Morgan fingerprint density at radius 1 is 1.33 bits per heavy atom. The maximum atomic E-state index is 11.9. The molecule has 0 saturated carbocycles. The van der Waals surface area contributed by atoms with Crippen molar-refractivity contribution in [3.63, 3.8) is 0 Å². The van der Waals surface area contributed by atoms with E-state index in [9.17, 15) is 9.18 Å². The average Bonchev–Trinajstić information content (AvgIpc) is 2.83. The van der Waals surface area contributed by atoms with Crippen LogP contribution < -0.4 is 10.6 Å². The lowest BCUT2D eigenvalue weighted by Gasteiger charge is -2.07. The number of H-pyrrole nitrogens is 1. The van der Waals surface area contributed by atoms with Crippen LogP contribution >= 0.6 is 11.6 Å². The van der Waals surface area contributed by atoms with Crippen LogP contribution in [0.1, 0.15) is 31.0 Å². The minimum Gasteiger partial charge on any atom is -0.357 e. The van der Waals surface area contributed by atoms with Crippen molar-refractivity contribution in [3.05, 3.63) is 34.5 Å². The van der Waals surface area contributed by atoms with Crippen molar-refractivity contribution < 1.29 is 9.18 Å². The van der Waals surface area contributed by atoms with Gasteiger partial charge in [-0.25, -0.2) is 9.18 Å². The van der Waals surface area contributed by atoms with Crippen LogP contribution in [0.2, 0.25) is 5.02 Å². The minimum atomic E-state index is -0.573. The van der Waals surface area contributed by atoms with Crippen molar-refractivity contribution in [2.45, 2.75) is 26.3 Å². The predicted octanol–water partition coefficient (Wildman–Crippen LogP) is 3.71. The Balaban J connectivity index is 2.10.